The minimum atomic E-state index is -0.441. The maximum Gasteiger partial charge on any atom is 0.277 e. The first-order chi connectivity index (χ1) is 15.6. The van der Waals surface area contributed by atoms with Gasteiger partial charge in [0.25, 0.3) is 11.1 Å². The van der Waals surface area contributed by atoms with E-state index in [-0.39, 0.29) is 28.3 Å². The fourth-order valence-corrected chi connectivity index (χ4v) is 3.95. The van der Waals surface area contributed by atoms with Crippen LogP contribution in [0.15, 0.2) is 58.2 Å². The molecule has 0 unspecified atom stereocenters. The molecular formula is C23H22FN5O2S. The van der Waals surface area contributed by atoms with Gasteiger partial charge in [-0.05, 0) is 36.4 Å². The fraction of sp³-hybridized carbons (Fsp3) is 0.261. The molecule has 1 N–H and O–H groups in total. The second-order valence-electron chi connectivity index (χ2n) is 7.20. The second kappa shape index (κ2) is 10.3. The van der Waals surface area contributed by atoms with Gasteiger partial charge in [0.05, 0.1) is 17.9 Å². The topological polar surface area (TPSA) is 74.5 Å². The minimum Gasteiger partial charge on any atom is -0.411 e. The molecule has 3 aromatic rings. The third-order valence-electron chi connectivity index (χ3n) is 5.04. The molecule has 0 saturated carbocycles. The van der Waals surface area contributed by atoms with Crippen LogP contribution in [0.2, 0.25) is 0 Å². The number of carbonyl (C=O) groups is 1. The third kappa shape index (κ3) is 5.46. The molecule has 1 aromatic heterocycles. The molecule has 0 atom stereocenters. The van der Waals surface area contributed by atoms with Gasteiger partial charge in [-0.3, -0.25) is 9.69 Å². The highest BCUT2D eigenvalue weighted by atomic mass is 32.2. The summed E-state index contributed by atoms with van der Waals surface area (Å²) < 4.78 is 19.3. The Morgan fingerprint density at radius 2 is 1.88 bits per heavy atom. The van der Waals surface area contributed by atoms with Crippen LogP contribution in [0.3, 0.4) is 0 Å². The number of terminal acetylenes is 1. The summed E-state index contributed by atoms with van der Waals surface area (Å²) in [5.74, 6) is 2.23. The molecule has 32 heavy (non-hydrogen) atoms. The normalized spacial score (nSPS) is 14.2. The van der Waals surface area contributed by atoms with E-state index >= 15 is 0 Å². The summed E-state index contributed by atoms with van der Waals surface area (Å²) in [5.41, 5.74) is 2.06. The Morgan fingerprint density at radius 3 is 2.59 bits per heavy atom. The number of anilines is 2. The summed E-state index contributed by atoms with van der Waals surface area (Å²) >= 11 is 1.10. The molecule has 1 aliphatic rings. The van der Waals surface area contributed by atoms with Crippen LogP contribution in [0.1, 0.15) is 0 Å². The SMILES string of the molecule is C#CCN1CCN(c2ccc(NC(=O)CSc3nnc(-c4ccccc4F)o3)cc2)CC1. The van der Waals surface area contributed by atoms with Gasteiger partial charge in [-0.15, -0.1) is 16.6 Å². The average Bonchev–Trinajstić information content (AvgIpc) is 3.28. The quantitative estimate of drug-likeness (QED) is 0.436. The van der Waals surface area contributed by atoms with Crippen molar-refractivity contribution >= 4 is 29.0 Å². The van der Waals surface area contributed by atoms with Crippen LogP contribution >= 0.6 is 11.8 Å². The summed E-state index contributed by atoms with van der Waals surface area (Å²) in [6, 6.07) is 13.9. The van der Waals surface area contributed by atoms with Gasteiger partial charge in [-0.1, -0.05) is 29.8 Å². The average molecular weight is 452 g/mol. The van der Waals surface area contributed by atoms with Gasteiger partial charge < -0.3 is 14.6 Å². The molecule has 1 amide bonds. The molecule has 9 heteroatoms. The molecule has 1 aliphatic heterocycles. The van der Waals surface area contributed by atoms with E-state index in [4.69, 9.17) is 10.8 Å². The highest BCUT2D eigenvalue weighted by Crippen LogP contribution is 2.25. The molecule has 0 spiro atoms. The molecule has 1 fully saturated rings. The van der Waals surface area contributed by atoms with Crippen LogP contribution < -0.4 is 10.2 Å². The van der Waals surface area contributed by atoms with Crippen molar-refractivity contribution in [3.05, 3.63) is 54.3 Å². The second-order valence-corrected chi connectivity index (χ2v) is 8.13. The first-order valence-corrected chi connectivity index (χ1v) is 11.1. The maximum absolute atomic E-state index is 13.8. The Kier molecular flexibility index (Phi) is 7.04. The van der Waals surface area contributed by atoms with E-state index in [1.807, 2.05) is 24.3 Å². The van der Waals surface area contributed by atoms with Crippen LogP contribution in [0.5, 0.6) is 0 Å². The van der Waals surface area contributed by atoms with Crippen molar-refractivity contribution in [2.75, 3.05) is 48.7 Å². The lowest BCUT2D eigenvalue weighted by atomic mass is 10.2. The van der Waals surface area contributed by atoms with Crippen molar-refractivity contribution in [2.45, 2.75) is 5.22 Å². The lowest BCUT2D eigenvalue weighted by Gasteiger charge is -2.35. The summed E-state index contributed by atoms with van der Waals surface area (Å²) in [5, 5.41) is 10.8. The van der Waals surface area contributed by atoms with E-state index < -0.39 is 5.82 Å². The monoisotopic (exact) mass is 451 g/mol. The predicted molar refractivity (Wildman–Crippen MR) is 123 cm³/mol. The van der Waals surface area contributed by atoms with Crippen molar-refractivity contribution in [3.8, 4) is 23.8 Å². The van der Waals surface area contributed by atoms with E-state index in [0.717, 1.165) is 43.6 Å². The third-order valence-corrected chi connectivity index (χ3v) is 5.86. The van der Waals surface area contributed by atoms with Crippen molar-refractivity contribution in [1.82, 2.24) is 15.1 Å². The van der Waals surface area contributed by atoms with Gasteiger partial charge in [0, 0.05) is 37.6 Å². The fourth-order valence-electron chi connectivity index (χ4n) is 3.38. The lowest BCUT2D eigenvalue weighted by molar-refractivity contribution is -0.113. The molecule has 0 aliphatic carbocycles. The van der Waals surface area contributed by atoms with Gasteiger partial charge in [-0.25, -0.2) is 4.39 Å². The number of carbonyl (C=O) groups excluding carboxylic acids is 1. The zero-order valence-corrected chi connectivity index (χ0v) is 18.1. The number of nitrogens with zero attached hydrogens (tertiary/aromatic N) is 4. The number of benzene rings is 2. The highest BCUT2D eigenvalue weighted by Gasteiger charge is 2.17. The van der Waals surface area contributed by atoms with E-state index in [9.17, 15) is 9.18 Å². The van der Waals surface area contributed by atoms with Crippen molar-refractivity contribution < 1.29 is 13.6 Å². The number of rotatable bonds is 7. The van der Waals surface area contributed by atoms with Crippen LogP contribution in [0, 0.1) is 18.2 Å². The van der Waals surface area contributed by atoms with Gasteiger partial charge in [0.15, 0.2) is 0 Å². The van der Waals surface area contributed by atoms with E-state index in [2.05, 4.69) is 31.2 Å². The van der Waals surface area contributed by atoms with Crippen LogP contribution in [0.25, 0.3) is 11.5 Å². The van der Waals surface area contributed by atoms with E-state index in [0.29, 0.717) is 12.2 Å². The number of amides is 1. The highest BCUT2D eigenvalue weighted by molar-refractivity contribution is 7.99. The van der Waals surface area contributed by atoms with Gasteiger partial charge in [0.1, 0.15) is 5.82 Å². The molecule has 2 heterocycles. The number of piperazine rings is 1. The first-order valence-electron chi connectivity index (χ1n) is 10.1. The zero-order valence-electron chi connectivity index (χ0n) is 17.3. The summed E-state index contributed by atoms with van der Waals surface area (Å²) in [6.07, 6.45) is 5.38. The lowest BCUT2D eigenvalue weighted by Crippen LogP contribution is -2.46. The molecule has 164 valence electrons. The molecule has 2 aromatic carbocycles. The van der Waals surface area contributed by atoms with Crippen molar-refractivity contribution in [1.29, 1.82) is 0 Å². The van der Waals surface area contributed by atoms with Gasteiger partial charge in [0.2, 0.25) is 5.91 Å². The van der Waals surface area contributed by atoms with Gasteiger partial charge in [-0.2, -0.15) is 0 Å². The maximum atomic E-state index is 13.8. The number of thioether (sulfide) groups is 1. The zero-order chi connectivity index (χ0) is 22.3. The minimum absolute atomic E-state index is 0.0849. The van der Waals surface area contributed by atoms with Crippen LogP contribution in [-0.4, -0.2) is 59.5 Å². The molecule has 1 saturated heterocycles. The number of hydrogen-bond donors (Lipinski definition) is 1. The predicted octanol–water partition coefficient (Wildman–Crippen LogP) is 3.36. The largest absolute Gasteiger partial charge is 0.411 e. The Balaban J connectivity index is 1.26. The van der Waals surface area contributed by atoms with Gasteiger partial charge >= 0.3 is 0 Å². The molecule has 4 rings (SSSR count). The number of nitrogens with one attached hydrogen (secondary N) is 1. The Labute approximate surface area is 190 Å². The smallest absolute Gasteiger partial charge is 0.277 e. The standard InChI is InChI=1S/C23H22FN5O2S/c1-2-11-28-12-14-29(15-13-28)18-9-7-17(8-10-18)25-21(30)16-32-23-27-26-22(31-23)19-5-3-4-6-20(19)24/h1,3-10H,11-16H2,(H,25,30). The van der Waals surface area contributed by atoms with Crippen molar-refractivity contribution in [3.63, 3.8) is 0 Å². The van der Waals surface area contributed by atoms with E-state index in [1.165, 1.54) is 6.07 Å². The molecule has 7 nitrogen and oxygen atoms in total. The van der Waals surface area contributed by atoms with Crippen LogP contribution in [-0.2, 0) is 4.79 Å². The van der Waals surface area contributed by atoms with Crippen LogP contribution in [0.4, 0.5) is 15.8 Å². The summed E-state index contributed by atoms with van der Waals surface area (Å²) in [6.45, 7) is 4.40. The summed E-state index contributed by atoms with van der Waals surface area (Å²) in [4.78, 5) is 16.8. The molecular weight excluding hydrogens is 429 g/mol. The van der Waals surface area contributed by atoms with E-state index in [1.54, 1.807) is 18.2 Å². The number of aromatic nitrogens is 2. The number of hydrogen-bond acceptors (Lipinski definition) is 7. The molecule has 0 radical (unpaired) electrons. The number of halogens is 1. The Hall–Kier alpha value is -3.35. The Morgan fingerprint density at radius 1 is 1.12 bits per heavy atom. The van der Waals surface area contributed by atoms with Crippen molar-refractivity contribution in [2.24, 2.45) is 0 Å². The Bertz CT molecular complexity index is 1100. The first kappa shape index (κ1) is 21.9. The summed E-state index contributed by atoms with van der Waals surface area (Å²) in [7, 11) is 0. The molecule has 0 bridgehead atoms.